The van der Waals surface area contributed by atoms with Crippen LogP contribution in [0, 0.1) is 5.92 Å². The summed E-state index contributed by atoms with van der Waals surface area (Å²) in [5.41, 5.74) is 0.787. The van der Waals surface area contributed by atoms with Crippen LogP contribution in [0.15, 0.2) is 42.7 Å². The molecular formula is C21H28N6O2. The van der Waals surface area contributed by atoms with Crippen molar-refractivity contribution in [2.45, 2.75) is 18.9 Å². The zero-order valence-electron chi connectivity index (χ0n) is 16.8. The number of hydrogen-bond acceptors (Lipinski definition) is 4. The van der Waals surface area contributed by atoms with Gasteiger partial charge in [0.25, 0.3) is 0 Å². The fourth-order valence-electron chi connectivity index (χ4n) is 4.19. The number of hydrogen-bond donors (Lipinski definition) is 2. The first kappa shape index (κ1) is 19.4. The summed E-state index contributed by atoms with van der Waals surface area (Å²) < 4.78 is 1.98. The summed E-state index contributed by atoms with van der Waals surface area (Å²) in [5, 5.41) is 6.30. The van der Waals surface area contributed by atoms with Crippen molar-refractivity contribution in [2.75, 3.05) is 38.0 Å². The summed E-state index contributed by atoms with van der Waals surface area (Å²) in [5.74, 6) is 1.05. The molecular weight excluding hydrogens is 368 g/mol. The molecule has 2 aromatic rings. The number of imidazole rings is 1. The van der Waals surface area contributed by atoms with Gasteiger partial charge in [0.15, 0.2) is 0 Å². The Hall–Kier alpha value is -2.87. The van der Waals surface area contributed by atoms with Crippen LogP contribution in [0.25, 0.3) is 0 Å². The second-order valence-corrected chi connectivity index (χ2v) is 7.71. The zero-order valence-corrected chi connectivity index (χ0v) is 16.8. The van der Waals surface area contributed by atoms with Crippen molar-refractivity contribution in [1.82, 2.24) is 24.7 Å². The van der Waals surface area contributed by atoms with Gasteiger partial charge in [0.2, 0.25) is 5.91 Å². The second kappa shape index (κ2) is 8.65. The van der Waals surface area contributed by atoms with Crippen molar-refractivity contribution in [2.24, 2.45) is 13.0 Å². The van der Waals surface area contributed by atoms with Gasteiger partial charge in [-0.25, -0.2) is 9.78 Å². The van der Waals surface area contributed by atoms with Crippen molar-refractivity contribution in [3.8, 4) is 0 Å². The van der Waals surface area contributed by atoms with Crippen molar-refractivity contribution < 1.29 is 9.59 Å². The lowest BCUT2D eigenvalue weighted by molar-refractivity contribution is -0.140. The van der Waals surface area contributed by atoms with Gasteiger partial charge in [-0.15, -0.1) is 0 Å². The van der Waals surface area contributed by atoms with Gasteiger partial charge in [-0.2, -0.15) is 0 Å². The van der Waals surface area contributed by atoms with E-state index < -0.39 is 0 Å². The number of amides is 3. The molecule has 2 saturated heterocycles. The molecule has 0 bridgehead atoms. The minimum Gasteiger partial charge on any atom is -0.336 e. The highest BCUT2D eigenvalue weighted by molar-refractivity contribution is 5.89. The number of piperazine rings is 1. The van der Waals surface area contributed by atoms with Crippen LogP contribution in [-0.4, -0.2) is 64.0 Å². The Morgan fingerprint density at radius 2 is 1.90 bits per heavy atom. The van der Waals surface area contributed by atoms with E-state index in [9.17, 15) is 9.59 Å². The van der Waals surface area contributed by atoms with Crippen LogP contribution in [-0.2, 0) is 11.8 Å². The molecule has 8 heteroatoms. The summed E-state index contributed by atoms with van der Waals surface area (Å²) in [7, 11) is 1.96. The highest BCUT2D eigenvalue weighted by Crippen LogP contribution is 2.27. The van der Waals surface area contributed by atoms with E-state index in [2.05, 4.69) is 15.6 Å². The quantitative estimate of drug-likeness (QED) is 0.829. The Balaban J connectivity index is 1.35. The molecule has 0 aliphatic carbocycles. The zero-order chi connectivity index (χ0) is 20.2. The molecule has 0 radical (unpaired) electrons. The van der Waals surface area contributed by atoms with Crippen molar-refractivity contribution in [1.29, 1.82) is 0 Å². The summed E-state index contributed by atoms with van der Waals surface area (Å²) in [6, 6.07) is 9.30. The van der Waals surface area contributed by atoms with Crippen LogP contribution in [0.4, 0.5) is 10.5 Å². The van der Waals surface area contributed by atoms with Gasteiger partial charge >= 0.3 is 6.03 Å². The molecule has 2 aliphatic heterocycles. The molecule has 0 saturated carbocycles. The van der Waals surface area contributed by atoms with Gasteiger partial charge in [-0.1, -0.05) is 18.2 Å². The Labute approximate surface area is 170 Å². The van der Waals surface area contributed by atoms with Crippen molar-refractivity contribution in [3.05, 3.63) is 48.5 Å². The first-order chi connectivity index (χ1) is 14.1. The number of aromatic nitrogens is 2. The second-order valence-electron chi connectivity index (χ2n) is 7.71. The number of nitrogens with one attached hydrogen (secondary N) is 2. The van der Waals surface area contributed by atoms with E-state index in [0.29, 0.717) is 32.5 Å². The number of nitrogens with zero attached hydrogens (tertiary/aromatic N) is 4. The van der Waals surface area contributed by atoms with Gasteiger partial charge in [0.05, 0.1) is 0 Å². The number of anilines is 1. The Bertz CT molecular complexity index is 844. The number of piperidine rings is 1. The molecule has 2 aliphatic rings. The molecule has 2 N–H and O–H groups in total. The Kier molecular flexibility index (Phi) is 5.80. The number of benzene rings is 1. The minimum atomic E-state index is -0.102. The minimum absolute atomic E-state index is 0.0448. The number of urea groups is 1. The monoisotopic (exact) mass is 396 g/mol. The third-order valence-electron chi connectivity index (χ3n) is 5.84. The molecule has 1 aromatic heterocycles. The van der Waals surface area contributed by atoms with Crippen LogP contribution in [0.5, 0.6) is 0 Å². The summed E-state index contributed by atoms with van der Waals surface area (Å²) in [6.45, 7) is 3.38. The maximum atomic E-state index is 13.3. The van der Waals surface area contributed by atoms with Crippen LogP contribution in [0.1, 0.15) is 24.7 Å². The van der Waals surface area contributed by atoms with E-state index >= 15 is 0 Å². The number of carbonyl (C=O) groups excluding carboxylic acids is 2. The molecule has 154 valence electrons. The lowest BCUT2D eigenvalue weighted by atomic mass is 9.94. The maximum absolute atomic E-state index is 13.3. The van der Waals surface area contributed by atoms with Gasteiger partial charge in [-0.3, -0.25) is 4.79 Å². The summed E-state index contributed by atoms with van der Waals surface area (Å²) >= 11 is 0. The summed E-state index contributed by atoms with van der Waals surface area (Å²) in [4.78, 5) is 34.0. The first-order valence-corrected chi connectivity index (χ1v) is 10.2. The van der Waals surface area contributed by atoms with E-state index in [0.717, 1.165) is 24.6 Å². The number of para-hydroxylation sites is 1. The van der Waals surface area contributed by atoms with E-state index in [1.54, 1.807) is 11.1 Å². The molecule has 1 aromatic carbocycles. The van der Waals surface area contributed by atoms with Gasteiger partial charge in [0.1, 0.15) is 11.9 Å². The van der Waals surface area contributed by atoms with Crippen LogP contribution in [0.3, 0.4) is 0 Å². The van der Waals surface area contributed by atoms with E-state index in [1.165, 1.54) is 0 Å². The van der Waals surface area contributed by atoms with Crippen LogP contribution >= 0.6 is 0 Å². The predicted molar refractivity (Wildman–Crippen MR) is 110 cm³/mol. The number of aryl methyl sites for hydroxylation is 1. The third-order valence-corrected chi connectivity index (χ3v) is 5.84. The Morgan fingerprint density at radius 3 is 2.59 bits per heavy atom. The first-order valence-electron chi connectivity index (χ1n) is 10.2. The number of carbonyl (C=O) groups is 2. The van der Waals surface area contributed by atoms with E-state index in [-0.39, 0.29) is 23.9 Å². The maximum Gasteiger partial charge on any atom is 0.321 e. The molecule has 3 amide bonds. The summed E-state index contributed by atoms with van der Waals surface area (Å²) in [6.07, 6.45) is 5.07. The average molecular weight is 396 g/mol. The van der Waals surface area contributed by atoms with Crippen LogP contribution in [0.2, 0.25) is 0 Å². The highest BCUT2D eigenvalue weighted by Gasteiger charge is 2.36. The van der Waals surface area contributed by atoms with Gasteiger partial charge in [0, 0.05) is 63.8 Å². The molecule has 4 rings (SSSR count). The van der Waals surface area contributed by atoms with Crippen LogP contribution < -0.4 is 10.6 Å². The normalized spacial score (nSPS) is 20.5. The lowest BCUT2D eigenvalue weighted by Gasteiger charge is -2.39. The third kappa shape index (κ3) is 4.27. The SMILES string of the molecule is Cn1ccnc1C1CNCCN1C(=O)C1CCN(C(=O)Nc2ccccc2)CC1. The topological polar surface area (TPSA) is 82.5 Å². The van der Waals surface area contributed by atoms with E-state index in [4.69, 9.17) is 0 Å². The van der Waals surface area contributed by atoms with Crippen molar-refractivity contribution >= 4 is 17.6 Å². The lowest BCUT2D eigenvalue weighted by Crippen LogP contribution is -2.52. The average Bonchev–Trinajstić information content (AvgIpc) is 3.20. The molecule has 3 heterocycles. The highest BCUT2D eigenvalue weighted by atomic mass is 16.2. The smallest absolute Gasteiger partial charge is 0.321 e. The molecule has 8 nitrogen and oxygen atoms in total. The Morgan fingerprint density at radius 1 is 1.14 bits per heavy atom. The molecule has 1 atom stereocenters. The standard InChI is InChI=1S/C21H28N6O2/c1-25-13-10-23-19(25)18-15-22-9-14-27(18)20(28)16-7-11-26(12-8-16)21(29)24-17-5-3-2-4-6-17/h2-6,10,13,16,18,22H,7-9,11-12,14-15H2,1H3,(H,24,29). The molecule has 2 fully saturated rings. The predicted octanol–water partition coefficient (Wildman–Crippen LogP) is 1.84. The number of likely N-dealkylation sites (tertiary alicyclic amines) is 1. The fraction of sp³-hybridized carbons (Fsp3) is 0.476. The van der Waals surface area contributed by atoms with Gasteiger partial charge < -0.3 is 25.0 Å². The number of rotatable bonds is 3. The molecule has 29 heavy (non-hydrogen) atoms. The van der Waals surface area contributed by atoms with E-state index in [1.807, 2.05) is 53.0 Å². The molecule has 1 unspecified atom stereocenters. The van der Waals surface area contributed by atoms with Crippen molar-refractivity contribution in [3.63, 3.8) is 0 Å². The largest absolute Gasteiger partial charge is 0.336 e. The fourth-order valence-corrected chi connectivity index (χ4v) is 4.19. The van der Waals surface area contributed by atoms with Gasteiger partial charge in [-0.05, 0) is 25.0 Å². The molecule has 0 spiro atoms.